The Morgan fingerprint density at radius 2 is 1.71 bits per heavy atom. The van der Waals surface area contributed by atoms with Crippen molar-refractivity contribution >= 4 is 17.3 Å². The highest BCUT2D eigenvalue weighted by Gasteiger charge is 1.99. The fourth-order valence-electron chi connectivity index (χ4n) is 2.03. The van der Waals surface area contributed by atoms with E-state index in [1.54, 1.807) is 7.11 Å². The van der Waals surface area contributed by atoms with Crippen LogP contribution in [0.5, 0.6) is 0 Å². The van der Waals surface area contributed by atoms with Gasteiger partial charge in [0, 0.05) is 32.0 Å². The maximum atomic E-state index is 11.0. The largest absolute Gasteiger partial charge is 0.381 e. The second-order valence-corrected chi connectivity index (χ2v) is 4.87. The second kappa shape index (κ2) is 7.45. The van der Waals surface area contributed by atoms with Crippen molar-refractivity contribution in [2.24, 2.45) is 0 Å². The van der Waals surface area contributed by atoms with Gasteiger partial charge in [-0.3, -0.25) is 4.79 Å². The number of nitrogens with one attached hydrogen (secondary N) is 2. The number of carbonyl (C=O) groups excluding carboxylic acids is 1. The molecule has 0 atom stereocenters. The molecule has 0 aliphatic carbocycles. The van der Waals surface area contributed by atoms with Crippen LogP contribution in [0, 0.1) is 0 Å². The number of carbonyl (C=O) groups is 1. The molecule has 0 radical (unpaired) electrons. The Hall–Kier alpha value is -2.33. The summed E-state index contributed by atoms with van der Waals surface area (Å²) in [6.45, 7) is 2.87. The van der Waals surface area contributed by atoms with Crippen molar-refractivity contribution in [3.8, 4) is 0 Å². The number of methoxy groups -OCH3 is 1. The Morgan fingerprint density at radius 1 is 1.05 bits per heavy atom. The number of amides is 1. The molecule has 0 heterocycles. The molecule has 0 fully saturated rings. The lowest BCUT2D eigenvalue weighted by atomic mass is 10.1. The Balaban J connectivity index is 1.94. The third-order valence-electron chi connectivity index (χ3n) is 3.01. The molecule has 0 saturated heterocycles. The average Bonchev–Trinajstić information content (AvgIpc) is 2.47. The quantitative estimate of drug-likeness (QED) is 0.854. The zero-order valence-electron chi connectivity index (χ0n) is 12.3. The summed E-state index contributed by atoms with van der Waals surface area (Å²) in [7, 11) is 1.69. The van der Waals surface area contributed by atoms with E-state index in [2.05, 4.69) is 34.9 Å². The third-order valence-corrected chi connectivity index (χ3v) is 3.01. The van der Waals surface area contributed by atoms with Crippen LogP contribution in [0.1, 0.15) is 18.1 Å². The van der Waals surface area contributed by atoms with Gasteiger partial charge in [0.25, 0.3) is 0 Å². The van der Waals surface area contributed by atoms with Gasteiger partial charge in [-0.05, 0) is 29.3 Å². The van der Waals surface area contributed by atoms with Crippen molar-refractivity contribution in [2.75, 3.05) is 17.7 Å². The van der Waals surface area contributed by atoms with Gasteiger partial charge >= 0.3 is 0 Å². The maximum Gasteiger partial charge on any atom is 0.221 e. The molecule has 0 aliphatic rings. The summed E-state index contributed by atoms with van der Waals surface area (Å²) >= 11 is 0. The van der Waals surface area contributed by atoms with Crippen LogP contribution in [0.25, 0.3) is 0 Å². The number of ether oxygens (including phenoxy) is 1. The Kier molecular flexibility index (Phi) is 5.35. The summed E-state index contributed by atoms with van der Waals surface area (Å²) in [5.74, 6) is -0.0686. The topological polar surface area (TPSA) is 50.4 Å². The first-order chi connectivity index (χ1) is 10.2. The molecule has 2 aromatic carbocycles. The maximum absolute atomic E-state index is 11.0. The van der Waals surface area contributed by atoms with E-state index in [1.165, 1.54) is 12.5 Å². The molecule has 4 heteroatoms. The minimum atomic E-state index is -0.0686. The normalized spacial score (nSPS) is 10.2. The Labute approximate surface area is 125 Å². The van der Waals surface area contributed by atoms with E-state index in [4.69, 9.17) is 4.74 Å². The number of rotatable bonds is 6. The van der Waals surface area contributed by atoms with Crippen LogP contribution in [-0.4, -0.2) is 13.0 Å². The first-order valence-electron chi connectivity index (χ1n) is 6.85. The lowest BCUT2D eigenvalue weighted by Crippen LogP contribution is -2.06. The third kappa shape index (κ3) is 4.93. The standard InChI is InChI=1S/C17H20N2O2/c1-13(20)19-17-5-3-4-16(10-17)18-11-14-6-8-15(9-7-14)12-21-2/h3-10,18H,11-12H2,1-2H3,(H,19,20). The molecule has 0 unspecified atom stereocenters. The zero-order chi connectivity index (χ0) is 15.1. The lowest BCUT2D eigenvalue weighted by Gasteiger charge is -2.09. The Bertz CT molecular complexity index is 594. The number of anilines is 2. The van der Waals surface area contributed by atoms with Gasteiger partial charge in [-0.1, -0.05) is 30.3 Å². The molecule has 110 valence electrons. The van der Waals surface area contributed by atoms with Crippen LogP contribution in [0.4, 0.5) is 11.4 Å². The molecule has 2 aromatic rings. The van der Waals surface area contributed by atoms with Crippen LogP contribution in [-0.2, 0) is 22.7 Å². The van der Waals surface area contributed by atoms with Gasteiger partial charge in [-0.15, -0.1) is 0 Å². The molecular weight excluding hydrogens is 264 g/mol. The van der Waals surface area contributed by atoms with Crippen molar-refractivity contribution in [2.45, 2.75) is 20.1 Å². The van der Waals surface area contributed by atoms with Crippen molar-refractivity contribution < 1.29 is 9.53 Å². The molecule has 0 saturated carbocycles. The van der Waals surface area contributed by atoms with E-state index in [0.717, 1.165) is 23.5 Å². The molecule has 4 nitrogen and oxygen atoms in total. The van der Waals surface area contributed by atoms with Crippen LogP contribution in [0.2, 0.25) is 0 Å². The van der Waals surface area contributed by atoms with Crippen molar-refractivity contribution in [3.63, 3.8) is 0 Å². The smallest absolute Gasteiger partial charge is 0.221 e. The summed E-state index contributed by atoms with van der Waals surface area (Å²) in [5.41, 5.74) is 4.12. The van der Waals surface area contributed by atoms with E-state index in [-0.39, 0.29) is 5.91 Å². The van der Waals surface area contributed by atoms with E-state index in [0.29, 0.717) is 6.61 Å². The molecule has 0 spiro atoms. The predicted molar refractivity (Wildman–Crippen MR) is 85.2 cm³/mol. The fraction of sp³-hybridized carbons (Fsp3) is 0.235. The molecule has 0 aliphatic heterocycles. The van der Waals surface area contributed by atoms with E-state index >= 15 is 0 Å². The van der Waals surface area contributed by atoms with Gasteiger partial charge in [-0.2, -0.15) is 0 Å². The first-order valence-corrected chi connectivity index (χ1v) is 6.85. The molecule has 2 rings (SSSR count). The van der Waals surface area contributed by atoms with Gasteiger partial charge in [-0.25, -0.2) is 0 Å². The van der Waals surface area contributed by atoms with Crippen LogP contribution in [0.15, 0.2) is 48.5 Å². The SMILES string of the molecule is COCc1ccc(CNc2cccc(NC(C)=O)c2)cc1. The highest BCUT2D eigenvalue weighted by molar-refractivity contribution is 5.89. The van der Waals surface area contributed by atoms with Crippen molar-refractivity contribution in [1.82, 2.24) is 0 Å². The molecule has 1 amide bonds. The van der Waals surface area contributed by atoms with Crippen LogP contribution >= 0.6 is 0 Å². The van der Waals surface area contributed by atoms with Gasteiger partial charge in [0.2, 0.25) is 5.91 Å². The molecule has 0 bridgehead atoms. The summed E-state index contributed by atoms with van der Waals surface area (Å²) in [5, 5.41) is 6.12. The van der Waals surface area contributed by atoms with Gasteiger partial charge in [0.05, 0.1) is 6.61 Å². The zero-order valence-corrected chi connectivity index (χ0v) is 12.3. The molecule has 2 N–H and O–H groups in total. The minimum Gasteiger partial charge on any atom is -0.381 e. The molecule has 0 aromatic heterocycles. The second-order valence-electron chi connectivity index (χ2n) is 4.87. The Morgan fingerprint density at radius 3 is 2.38 bits per heavy atom. The summed E-state index contributed by atoms with van der Waals surface area (Å²) < 4.78 is 5.09. The summed E-state index contributed by atoms with van der Waals surface area (Å²) in [6.07, 6.45) is 0. The fourth-order valence-corrected chi connectivity index (χ4v) is 2.03. The highest BCUT2D eigenvalue weighted by Crippen LogP contribution is 2.16. The van der Waals surface area contributed by atoms with Crippen molar-refractivity contribution in [3.05, 3.63) is 59.7 Å². The van der Waals surface area contributed by atoms with Crippen LogP contribution < -0.4 is 10.6 Å². The lowest BCUT2D eigenvalue weighted by molar-refractivity contribution is -0.114. The number of hydrogen-bond acceptors (Lipinski definition) is 3. The van der Waals surface area contributed by atoms with E-state index in [9.17, 15) is 4.79 Å². The molecular formula is C17H20N2O2. The minimum absolute atomic E-state index is 0.0686. The van der Waals surface area contributed by atoms with Gasteiger partial charge in [0.15, 0.2) is 0 Å². The molecule has 21 heavy (non-hydrogen) atoms. The van der Waals surface area contributed by atoms with E-state index < -0.39 is 0 Å². The summed E-state index contributed by atoms with van der Waals surface area (Å²) in [4.78, 5) is 11.0. The predicted octanol–water partition coefficient (Wildman–Crippen LogP) is 3.40. The van der Waals surface area contributed by atoms with Gasteiger partial charge in [0.1, 0.15) is 0 Å². The number of benzene rings is 2. The van der Waals surface area contributed by atoms with Gasteiger partial charge < -0.3 is 15.4 Å². The highest BCUT2D eigenvalue weighted by atomic mass is 16.5. The van der Waals surface area contributed by atoms with Crippen molar-refractivity contribution in [1.29, 1.82) is 0 Å². The summed E-state index contributed by atoms with van der Waals surface area (Å²) in [6, 6.07) is 16.0. The number of hydrogen-bond donors (Lipinski definition) is 2. The van der Waals surface area contributed by atoms with E-state index in [1.807, 2.05) is 24.3 Å². The van der Waals surface area contributed by atoms with Crippen LogP contribution in [0.3, 0.4) is 0 Å². The first kappa shape index (κ1) is 15.1. The average molecular weight is 284 g/mol. The monoisotopic (exact) mass is 284 g/mol.